The Morgan fingerprint density at radius 2 is 1.95 bits per heavy atom. The Hall–Kier alpha value is -2.62. The SMILES string of the molecule is CC(=O)c1cccc(NC(=O)c2ccc3c(c2)CCCO3)c1. The minimum absolute atomic E-state index is 0.0259. The number of amides is 1. The van der Waals surface area contributed by atoms with Gasteiger partial charge in [-0.1, -0.05) is 12.1 Å². The molecule has 112 valence electrons. The monoisotopic (exact) mass is 295 g/mol. The van der Waals surface area contributed by atoms with Crippen molar-refractivity contribution in [3.63, 3.8) is 0 Å². The third-order valence-corrected chi connectivity index (χ3v) is 3.70. The van der Waals surface area contributed by atoms with Crippen LogP contribution in [0.1, 0.15) is 39.6 Å². The van der Waals surface area contributed by atoms with Crippen LogP contribution in [0.2, 0.25) is 0 Å². The van der Waals surface area contributed by atoms with Crippen molar-refractivity contribution in [2.24, 2.45) is 0 Å². The Morgan fingerprint density at radius 1 is 1.09 bits per heavy atom. The molecule has 0 spiro atoms. The minimum Gasteiger partial charge on any atom is -0.493 e. The quantitative estimate of drug-likeness (QED) is 0.882. The zero-order chi connectivity index (χ0) is 15.5. The van der Waals surface area contributed by atoms with E-state index in [-0.39, 0.29) is 11.7 Å². The number of hydrogen-bond acceptors (Lipinski definition) is 3. The molecule has 0 saturated carbocycles. The third kappa shape index (κ3) is 3.01. The first-order valence-corrected chi connectivity index (χ1v) is 7.31. The second-order valence-corrected chi connectivity index (χ2v) is 5.37. The summed E-state index contributed by atoms with van der Waals surface area (Å²) in [5.74, 6) is 0.650. The van der Waals surface area contributed by atoms with Crippen LogP contribution in [-0.4, -0.2) is 18.3 Å². The summed E-state index contributed by atoms with van der Waals surface area (Å²) in [6.07, 6.45) is 1.90. The van der Waals surface area contributed by atoms with E-state index < -0.39 is 0 Å². The first kappa shape index (κ1) is 14.3. The molecule has 2 aromatic rings. The van der Waals surface area contributed by atoms with Gasteiger partial charge in [0.25, 0.3) is 5.91 Å². The molecule has 0 fully saturated rings. The van der Waals surface area contributed by atoms with Gasteiger partial charge in [-0.3, -0.25) is 9.59 Å². The summed E-state index contributed by atoms with van der Waals surface area (Å²) in [7, 11) is 0. The number of benzene rings is 2. The smallest absolute Gasteiger partial charge is 0.255 e. The maximum atomic E-state index is 12.3. The van der Waals surface area contributed by atoms with Gasteiger partial charge in [0.2, 0.25) is 0 Å². The molecule has 0 bridgehead atoms. The van der Waals surface area contributed by atoms with Crippen molar-refractivity contribution in [1.82, 2.24) is 0 Å². The van der Waals surface area contributed by atoms with Gasteiger partial charge in [0, 0.05) is 16.8 Å². The second-order valence-electron chi connectivity index (χ2n) is 5.37. The van der Waals surface area contributed by atoms with E-state index in [0.717, 1.165) is 30.8 Å². The number of hydrogen-bond donors (Lipinski definition) is 1. The number of rotatable bonds is 3. The van der Waals surface area contributed by atoms with E-state index in [1.165, 1.54) is 6.92 Å². The topological polar surface area (TPSA) is 55.4 Å². The fourth-order valence-corrected chi connectivity index (χ4v) is 2.52. The van der Waals surface area contributed by atoms with E-state index in [2.05, 4.69) is 5.32 Å². The lowest BCUT2D eigenvalue weighted by Crippen LogP contribution is -2.14. The van der Waals surface area contributed by atoms with Crippen LogP contribution >= 0.6 is 0 Å². The van der Waals surface area contributed by atoms with Gasteiger partial charge in [-0.15, -0.1) is 0 Å². The number of carbonyl (C=O) groups is 2. The summed E-state index contributed by atoms with van der Waals surface area (Å²) < 4.78 is 5.55. The van der Waals surface area contributed by atoms with Gasteiger partial charge < -0.3 is 10.1 Å². The zero-order valence-corrected chi connectivity index (χ0v) is 12.4. The molecule has 1 amide bonds. The van der Waals surface area contributed by atoms with E-state index in [9.17, 15) is 9.59 Å². The van der Waals surface area contributed by atoms with Crippen LogP contribution in [0.3, 0.4) is 0 Å². The second kappa shape index (κ2) is 6.02. The molecule has 0 atom stereocenters. The fraction of sp³-hybridized carbons (Fsp3) is 0.222. The molecule has 0 saturated heterocycles. The van der Waals surface area contributed by atoms with Crippen molar-refractivity contribution in [1.29, 1.82) is 0 Å². The third-order valence-electron chi connectivity index (χ3n) is 3.70. The minimum atomic E-state index is -0.186. The molecule has 4 heteroatoms. The number of ketones is 1. The Bertz CT molecular complexity index is 737. The molecule has 1 N–H and O–H groups in total. The first-order chi connectivity index (χ1) is 10.6. The van der Waals surface area contributed by atoms with Crippen LogP contribution in [0, 0.1) is 0 Å². The summed E-state index contributed by atoms with van der Waals surface area (Å²) in [4.78, 5) is 23.7. The highest BCUT2D eigenvalue weighted by Crippen LogP contribution is 2.26. The summed E-state index contributed by atoms with van der Waals surface area (Å²) in [5, 5.41) is 2.83. The largest absolute Gasteiger partial charge is 0.493 e. The van der Waals surface area contributed by atoms with Gasteiger partial charge >= 0.3 is 0 Å². The highest BCUT2D eigenvalue weighted by Gasteiger charge is 2.14. The van der Waals surface area contributed by atoms with E-state index in [4.69, 9.17) is 4.74 Å². The molecule has 0 aromatic heterocycles. The maximum absolute atomic E-state index is 12.3. The van der Waals surface area contributed by atoms with Crippen LogP contribution in [0.5, 0.6) is 5.75 Å². The molecule has 0 aliphatic carbocycles. The van der Waals surface area contributed by atoms with Crippen molar-refractivity contribution in [2.75, 3.05) is 11.9 Å². The number of Topliss-reactive ketones (excluding diaryl/α,β-unsaturated/α-hetero) is 1. The highest BCUT2D eigenvalue weighted by molar-refractivity contribution is 6.05. The summed E-state index contributed by atoms with van der Waals surface area (Å²) in [6.45, 7) is 2.24. The van der Waals surface area contributed by atoms with E-state index in [0.29, 0.717) is 16.8 Å². The standard InChI is InChI=1S/C18H17NO3/c1-12(20)13-4-2-6-16(11-13)19-18(21)15-7-8-17-14(10-15)5-3-9-22-17/h2,4,6-8,10-11H,3,5,9H2,1H3,(H,19,21). The highest BCUT2D eigenvalue weighted by atomic mass is 16.5. The molecule has 22 heavy (non-hydrogen) atoms. The van der Waals surface area contributed by atoms with Gasteiger partial charge in [-0.2, -0.15) is 0 Å². The summed E-state index contributed by atoms with van der Waals surface area (Å²) in [6, 6.07) is 12.4. The number of aryl methyl sites for hydroxylation is 1. The van der Waals surface area contributed by atoms with Crippen molar-refractivity contribution >= 4 is 17.4 Å². The molecular weight excluding hydrogens is 278 g/mol. The number of anilines is 1. The fourth-order valence-electron chi connectivity index (χ4n) is 2.52. The molecule has 0 unspecified atom stereocenters. The lowest BCUT2D eigenvalue weighted by atomic mass is 10.0. The number of fused-ring (bicyclic) bond motifs is 1. The molecule has 0 radical (unpaired) electrons. The maximum Gasteiger partial charge on any atom is 0.255 e. The first-order valence-electron chi connectivity index (χ1n) is 7.31. The van der Waals surface area contributed by atoms with E-state index in [1.54, 1.807) is 30.3 Å². The van der Waals surface area contributed by atoms with Crippen LogP contribution in [-0.2, 0) is 6.42 Å². The normalized spacial score (nSPS) is 13.0. The molecule has 3 rings (SSSR count). The van der Waals surface area contributed by atoms with Gasteiger partial charge in [0.1, 0.15) is 5.75 Å². The predicted octanol–water partition coefficient (Wildman–Crippen LogP) is 3.47. The summed E-state index contributed by atoms with van der Waals surface area (Å²) in [5.41, 5.74) is 2.86. The van der Waals surface area contributed by atoms with Crippen LogP contribution < -0.4 is 10.1 Å². The molecule has 1 aliphatic rings. The van der Waals surface area contributed by atoms with E-state index in [1.807, 2.05) is 12.1 Å². The predicted molar refractivity (Wildman–Crippen MR) is 84.7 cm³/mol. The van der Waals surface area contributed by atoms with Gasteiger partial charge in [0.05, 0.1) is 6.61 Å². The molecule has 1 heterocycles. The number of carbonyl (C=O) groups excluding carboxylic acids is 2. The Morgan fingerprint density at radius 3 is 2.77 bits per heavy atom. The van der Waals surface area contributed by atoms with Gasteiger partial charge in [-0.05, 0) is 55.7 Å². The Labute approximate surface area is 129 Å². The summed E-state index contributed by atoms with van der Waals surface area (Å²) >= 11 is 0. The van der Waals surface area contributed by atoms with Gasteiger partial charge in [-0.25, -0.2) is 0 Å². The zero-order valence-electron chi connectivity index (χ0n) is 12.4. The number of nitrogens with one attached hydrogen (secondary N) is 1. The van der Waals surface area contributed by atoms with Crippen LogP contribution in [0.4, 0.5) is 5.69 Å². The molecule has 2 aromatic carbocycles. The Balaban J connectivity index is 1.80. The van der Waals surface area contributed by atoms with Crippen LogP contribution in [0.25, 0.3) is 0 Å². The average Bonchev–Trinajstić information content (AvgIpc) is 2.54. The molecule has 1 aliphatic heterocycles. The van der Waals surface area contributed by atoms with Crippen molar-refractivity contribution in [2.45, 2.75) is 19.8 Å². The van der Waals surface area contributed by atoms with Crippen molar-refractivity contribution < 1.29 is 14.3 Å². The molecular formula is C18H17NO3. The van der Waals surface area contributed by atoms with E-state index >= 15 is 0 Å². The molecule has 4 nitrogen and oxygen atoms in total. The average molecular weight is 295 g/mol. The lowest BCUT2D eigenvalue weighted by Gasteiger charge is -2.17. The number of ether oxygens (including phenoxy) is 1. The van der Waals surface area contributed by atoms with Crippen molar-refractivity contribution in [3.8, 4) is 5.75 Å². The lowest BCUT2D eigenvalue weighted by molar-refractivity contribution is 0.101. The van der Waals surface area contributed by atoms with Crippen molar-refractivity contribution in [3.05, 3.63) is 59.2 Å². The van der Waals surface area contributed by atoms with Gasteiger partial charge in [0.15, 0.2) is 5.78 Å². The van der Waals surface area contributed by atoms with Crippen LogP contribution in [0.15, 0.2) is 42.5 Å². The Kier molecular flexibility index (Phi) is 3.92.